The summed E-state index contributed by atoms with van der Waals surface area (Å²) in [4.78, 5) is 10.6. The van der Waals surface area contributed by atoms with Gasteiger partial charge in [-0.2, -0.15) is 0 Å². The minimum absolute atomic E-state index is 0.143. The third-order valence-corrected chi connectivity index (χ3v) is 2.77. The van der Waals surface area contributed by atoms with Gasteiger partial charge in [0.15, 0.2) is 0 Å². The highest BCUT2D eigenvalue weighted by atomic mass is 16.4. The van der Waals surface area contributed by atoms with E-state index in [0.717, 1.165) is 12.3 Å². The molecule has 0 aromatic rings. The Hall–Kier alpha value is -0.570. The zero-order valence-corrected chi connectivity index (χ0v) is 10.2. The van der Waals surface area contributed by atoms with Crippen LogP contribution in [0.5, 0.6) is 0 Å². The average molecular weight is 215 g/mol. The van der Waals surface area contributed by atoms with Crippen LogP contribution in [0.1, 0.15) is 46.5 Å². The van der Waals surface area contributed by atoms with Crippen molar-refractivity contribution in [1.82, 2.24) is 0 Å². The average Bonchev–Trinajstić information content (AvgIpc) is 2.13. The van der Waals surface area contributed by atoms with E-state index in [1.165, 1.54) is 12.8 Å². The highest BCUT2D eigenvalue weighted by molar-refractivity contribution is 5.67. The van der Waals surface area contributed by atoms with Crippen LogP contribution in [0.15, 0.2) is 0 Å². The first-order chi connectivity index (χ1) is 6.95. The van der Waals surface area contributed by atoms with Crippen LogP contribution >= 0.6 is 0 Å². The van der Waals surface area contributed by atoms with Crippen molar-refractivity contribution in [3.8, 4) is 0 Å². The fourth-order valence-corrected chi connectivity index (χ4v) is 1.81. The lowest BCUT2D eigenvalue weighted by Gasteiger charge is -2.18. The molecule has 90 valence electrons. The van der Waals surface area contributed by atoms with Crippen LogP contribution in [0.4, 0.5) is 0 Å². The summed E-state index contributed by atoms with van der Waals surface area (Å²) < 4.78 is 0. The first-order valence-electron chi connectivity index (χ1n) is 5.87. The molecule has 0 rings (SSSR count). The molecule has 0 aliphatic carbocycles. The Balaban J connectivity index is 3.79. The second-order valence-electron chi connectivity index (χ2n) is 5.01. The van der Waals surface area contributed by atoms with E-state index in [0.29, 0.717) is 12.5 Å². The number of rotatable bonds is 8. The van der Waals surface area contributed by atoms with Crippen LogP contribution < -0.4 is 5.73 Å². The fourth-order valence-electron chi connectivity index (χ4n) is 1.81. The molecule has 0 fully saturated rings. The Kier molecular flexibility index (Phi) is 7.39. The van der Waals surface area contributed by atoms with Gasteiger partial charge in [0.25, 0.3) is 0 Å². The van der Waals surface area contributed by atoms with Gasteiger partial charge in [-0.25, -0.2) is 0 Å². The molecule has 0 aromatic carbocycles. The molecule has 0 aromatic heterocycles. The largest absolute Gasteiger partial charge is 0.481 e. The van der Waals surface area contributed by atoms with E-state index in [1.54, 1.807) is 0 Å². The molecule has 0 heterocycles. The number of hydrogen-bond donors (Lipinski definition) is 2. The molecule has 0 saturated heterocycles. The van der Waals surface area contributed by atoms with Gasteiger partial charge in [0.05, 0.1) is 0 Å². The van der Waals surface area contributed by atoms with Crippen LogP contribution in [0.3, 0.4) is 0 Å². The van der Waals surface area contributed by atoms with Crippen molar-refractivity contribution < 1.29 is 9.90 Å². The standard InChI is InChI=1S/C12H25NO2/c1-9(2)4-5-10(3)6-11(8-13)7-12(14)15/h9-11H,4-8,13H2,1-3H3,(H,14,15)/t10?,11-/m0/s1. The number of aliphatic carboxylic acids is 1. The third kappa shape index (κ3) is 8.43. The van der Waals surface area contributed by atoms with Crippen LogP contribution in [0.2, 0.25) is 0 Å². The molecule has 1 unspecified atom stereocenters. The van der Waals surface area contributed by atoms with Gasteiger partial charge < -0.3 is 10.8 Å². The molecule has 0 aliphatic heterocycles. The molecule has 0 aliphatic rings. The number of nitrogens with two attached hydrogens (primary N) is 1. The molecular weight excluding hydrogens is 190 g/mol. The number of carboxylic acids is 1. The maximum Gasteiger partial charge on any atom is 0.303 e. The van der Waals surface area contributed by atoms with Crippen LogP contribution in [-0.4, -0.2) is 17.6 Å². The van der Waals surface area contributed by atoms with Crippen molar-refractivity contribution >= 4 is 5.97 Å². The molecule has 3 nitrogen and oxygen atoms in total. The molecular formula is C12H25NO2. The van der Waals surface area contributed by atoms with E-state index in [9.17, 15) is 4.79 Å². The minimum Gasteiger partial charge on any atom is -0.481 e. The van der Waals surface area contributed by atoms with E-state index in [-0.39, 0.29) is 12.3 Å². The van der Waals surface area contributed by atoms with E-state index in [2.05, 4.69) is 20.8 Å². The molecule has 0 saturated carbocycles. The lowest BCUT2D eigenvalue weighted by molar-refractivity contribution is -0.138. The monoisotopic (exact) mass is 215 g/mol. The molecule has 0 bridgehead atoms. The minimum atomic E-state index is -0.735. The fraction of sp³-hybridized carbons (Fsp3) is 0.917. The van der Waals surface area contributed by atoms with Gasteiger partial charge in [0, 0.05) is 6.42 Å². The SMILES string of the molecule is CC(C)CCC(C)C[C@H](CN)CC(=O)O. The summed E-state index contributed by atoms with van der Waals surface area (Å²) in [7, 11) is 0. The maximum absolute atomic E-state index is 10.6. The van der Waals surface area contributed by atoms with Crippen LogP contribution in [0.25, 0.3) is 0 Å². The first kappa shape index (κ1) is 14.4. The summed E-state index contributed by atoms with van der Waals surface area (Å²) >= 11 is 0. The smallest absolute Gasteiger partial charge is 0.303 e. The van der Waals surface area contributed by atoms with E-state index < -0.39 is 5.97 Å². The zero-order valence-electron chi connectivity index (χ0n) is 10.2. The van der Waals surface area contributed by atoms with Crippen LogP contribution in [0, 0.1) is 17.8 Å². The van der Waals surface area contributed by atoms with E-state index >= 15 is 0 Å². The number of carboxylic acid groups (broad SMARTS) is 1. The summed E-state index contributed by atoms with van der Waals surface area (Å²) in [5.74, 6) is 0.717. The van der Waals surface area contributed by atoms with E-state index in [1.807, 2.05) is 0 Å². The van der Waals surface area contributed by atoms with Gasteiger partial charge in [-0.15, -0.1) is 0 Å². The second-order valence-corrected chi connectivity index (χ2v) is 5.01. The molecule has 0 radical (unpaired) electrons. The van der Waals surface area contributed by atoms with Gasteiger partial charge in [-0.05, 0) is 30.7 Å². The van der Waals surface area contributed by atoms with Crippen molar-refractivity contribution in [3.05, 3.63) is 0 Å². The Morgan fingerprint density at radius 2 is 1.87 bits per heavy atom. The lowest BCUT2D eigenvalue weighted by atomic mass is 9.89. The van der Waals surface area contributed by atoms with Gasteiger partial charge in [0.2, 0.25) is 0 Å². The normalized spacial score (nSPS) is 15.3. The Morgan fingerprint density at radius 1 is 1.27 bits per heavy atom. The summed E-state index contributed by atoms with van der Waals surface area (Å²) in [6, 6.07) is 0. The van der Waals surface area contributed by atoms with E-state index in [4.69, 9.17) is 10.8 Å². The highest BCUT2D eigenvalue weighted by Gasteiger charge is 2.15. The quantitative estimate of drug-likeness (QED) is 0.654. The molecule has 3 N–H and O–H groups in total. The van der Waals surface area contributed by atoms with Gasteiger partial charge in [-0.3, -0.25) is 4.79 Å². The number of carbonyl (C=O) groups is 1. The summed E-state index contributed by atoms with van der Waals surface area (Å²) in [5.41, 5.74) is 5.56. The van der Waals surface area contributed by atoms with Gasteiger partial charge in [-0.1, -0.05) is 33.6 Å². The zero-order chi connectivity index (χ0) is 11.8. The molecule has 2 atom stereocenters. The van der Waals surface area contributed by atoms with Crippen LogP contribution in [-0.2, 0) is 4.79 Å². The summed E-state index contributed by atoms with van der Waals surface area (Å²) in [5, 5.41) is 8.69. The summed E-state index contributed by atoms with van der Waals surface area (Å²) in [6.07, 6.45) is 3.54. The van der Waals surface area contributed by atoms with Crippen molar-refractivity contribution in [2.24, 2.45) is 23.5 Å². The summed E-state index contributed by atoms with van der Waals surface area (Å²) in [6.45, 7) is 7.10. The van der Waals surface area contributed by atoms with Gasteiger partial charge in [0.1, 0.15) is 0 Å². The predicted molar refractivity (Wildman–Crippen MR) is 62.7 cm³/mol. The van der Waals surface area contributed by atoms with Gasteiger partial charge >= 0.3 is 5.97 Å². The Bertz CT molecular complexity index is 180. The van der Waals surface area contributed by atoms with Crippen molar-refractivity contribution in [2.45, 2.75) is 46.5 Å². The topological polar surface area (TPSA) is 63.3 Å². The van der Waals surface area contributed by atoms with Crippen molar-refractivity contribution in [1.29, 1.82) is 0 Å². The Labute approximate surface area is 93.0 Å². The molecule has 0 spiro atoms. The van der Waals surface area contributed by atoms with Crippen molar-refractivity contribution in [3.63, 3.8) is 0 Å². The third-order valence-electron chi connectivity index (χ3n) is 2.77. The molecule has 3 heteroatoms. The predicted octanol–water partition coefficient (Wildman–Crippen LogP) is 2.50. The van der Waals surface area contributed by atoms with Crippen molar-refractivity contribution in [2.75, 3.05) is 6.54 Å². The lowest BCUT2D eigenvalue weighted by Crippen LogP contribution is -2.20. The Morgan fingerprint density at radius 3 is 2.27 bits per heavy atom. The molecule has 0 amide bonds. The first-order valence-corrected chi connectivity index (χ1v) is 5.87. The maximum atomic E-state index is 10.6. The number of hydrogen-bond acceptors (Lipinski definition) is 2. The second kappa shape index (κ2) is 7.69. The molecule has 15 heavy (non-hydrogen) atoms. The highest BCUT2D eigenvalue weighted by Crippen LogP contribution is 2.20.